The van der Waals surface area contributed by atoms with E-state index < -0.39 is 0 Å². The van der Waals surface area contributed by atoms with Crippen LogP contribution in [0.3, 0.4) is 0 Å². The average molecular weight is 446 g/mol. The van der Waals surface area contributed by atoms with Gasteiger partial charge in [-0.2, -0.15) is 0 Å². The van der Waals surface area contributed by atoms with E-state index in [-0.39, 0.29) is 18.1 Å². The van der Waals surface area contributed by atoms with Gasteiger partial charge in [-0.25, -0.2) is 0 Å². The number of aliphatic hydroxyl groups is 1. The van der Waals surface area contributed by atoms with Crippen LogP contribution in [0.1, 0.15) is 112 Å². The molecule has 0 spiro atoms. The zero-order valence-corrected chi connectivity index (χ0v) is 21.8. The Balaban J connectivity index is 1.52. The quantitative estimate of drug-likeness (QED) is 0.485. The van der Waals surface area contributed by atoms with Crippen molar-refractivity contribution < 1.29 is 9.90 Å². The van der Waals surface area contributed by atoms with E-state index in [1.807, 2.05) is 13.8 Å². The molecule has 2 N–H and O–H groups in total. The van der Waals surface area contributed by atoms with E-state index in [0.29, 0.717) is 46.8 Å². The summed E-state index contributed by atoms with van der Waals surface area (Å²) in [5.74, 6) is 4.61. The van der Waals surface area contributed by atoms with Crippen molar-refractivity contribution in [1.82, 2.24) is 5.32 Å². The first kappa shape index (κ1) is 24.6. The van der Waals surface area contributed by atoms with Crippen molar-refractivity contribution in [3.8, 4) is 0 Å². The summed E-state index contributed by atoms with van der Waals surface area (Å²) in [5, 5.41) is 14.9. The summed E-state index contributed by atoms with van der Waals surface area (Å²) in [5.41, 5.74) is 0.787. The van der Waals surface area contributed by atoms with Gasteiger partial charge < -0.3 is 10.4 Å². The third-order valence-corrected chi connectivity index (χ3v) is 11.4. The first-order chi connectivity index (χ1) is 15.1. The maximum absolute atomic E-state index is 12.3. The number of rotatable bonds is 6. The number of hydrogen-bond donors (Lipinski definition) is 2. The minimum atomic E-state index is -0.100. The molecule has 4 fully saturated rings. The highest BCUT2D eigenvalue weighted by atomic mass is 16.3. The lowest BCUT2D eigenvalue weighted by Gasteiger charge is -2.64. The van der Waals surface area contributed by atoms with Crippen LogP contribution in [0.5, 0.6) is 0 Å². The van der Waals surface area contributed by atoms with Gasteiger partial charge in [-0.3, -0.25) is 4.79 Å². The van der Waals surface area contributed by atoms with E-state index in [1.54, 1.807) is 0 Å². The first-order valence-corrected chi connectivity index (χ1v) is 14.1. The van der Waals surface area contributed by atoms with Crippen molar-refractivity contribution in [2.75, 3.05) is 0 Å². The minimum absolute atomic E-state index is 0.100. The Bertz CT molecular complexity index is 676. The molecule has 4 saturated carbocycles. The molecule has 184 valence electrons. The second-order valence-corrected chi connectivity index (χ2v) is 13.2. The normalized spacial score (nSPS) is 46.8. The van der Waals surface area contributed by atoms with Gasteiger partial charge >= 0.3 is 0 Å². The number of fused-ring (bicyclic) bond motifs is 5. The Hall–Kier alpha value is -0.570. The molecule has 32 heavy (non-hydrogen) atoms. The highest BCUT2D eigenvalue weighted by molar-refractivity contribution is 5.76. The minimum Gasteiger partial charge on any atom is -0.393 e. The molecule has 0 aromatic heterocycles. The zero-order chi connectivity index (χ0) is 23.3. The Morgan fingerprint density at radius 2 is 1.69 bits per heavy atom. The summed E-state index contributed by atoms with van der Waals surface area (Å²) in [4.78, 5) is 12.3. The number of carbonyl (C=O) groups is 1. The largest absolute Gasteiger partial charge is 0.393 e. The van der Waals surface area contributed by atoms with E-state index in [9.17, 15) is 9.90 Å². The molecule has 0 aliphatic heterocycles. The number of nitrogens with one attached hydrogen (secondary N) is 1. The second-order valence-electron chi connectivity index (χ2n) is 13.2. The zero-order valence-electron chi connectivity index (χ0n) is 21.8. The van der Waals surface area contributed by atoms with E-state index in [2.05, 4.69) is 33.0 Å². The van der Waals surface area contributed by atoms with Crippen LogP contribution in [-0.2, 0) is 4.79 Å². The van der Waals surface area contributed by atoms with Gasteiger partial charge in [0.2, 0.25) is 5.91 Å². The smallest absolute Gasteiger partial charge is 0.220 e. The second kappa shape index (κ2) is 9.23. The lowest BCUT2D eigenvalue weighted by Crippen LogP contribution is -2.61. The first-order valence-electron chi connectivity index (χ1n) is 14.1. The van der Waals surface area contributed by atoms with Crippen molar-refractivity contribution in [3.05, 3.63) is 0 Å². The summed E-state index contributed by atoms with van der Waals surface area (Å²) in [6.07, 6.45) is 13.4. The Morgan fingerprint density at radius 1 is 0.969 bits per heavy atom. The lowest BCUT2D eigenvalue weighted by atomic mass is 9.41. The van der Waals surface area contributed by atoms with Gasteiger partial charge in [0.15, 0.2) is 0 Å². The van der Waals surface area contributed by atoms with Crippen molar-refractivity contribution in [2.24, 2.45) is 52.3 Å². The molecule has 0 unspecified atom stereocenters. The fourth-order valence-corrected chi connectivity index (χ4v) is 9.97. The maximum atomic E-state index is 12.3. The highest BCUT2D eigenvalue weighted by Crippen LogP contribution is 2.69. The number of aliphatic hydroxyl groups excluding tert-OH is 1. The number of amides is 1. The molecule has 0 aromatic rings. The van der Waals surface area contributed by atoms with Gasteiger partial charge in [-0.1, -0.05) is 47.0 Å². The predicted octanol–water partition coefficient (Wildman–Crippen LogP) is 6.58. The summed E-state index contributed by atoms with van der Waals surface area (Å²) < 4.78 is 0. The summed E-state index contributed by atoms with van der Waals surface area (Å²) in [6, 6.07) is 0.228. The summed E-state index contributed by atoms with van der Waals surface area (Å²) in [6.45, 7) is 14.0. The van der Waals surface area contributed by atoms with E-state index in [1.165, 1.54) is 51.4 Å². The maximum Gasteiger partial charge on any atom is 0.220 e. The van der Waals surface area contributed by atoms with Gasteiger partial charge in [-0.05, 0) is 111 Å². The molecule has 3 nitrogen and oxygen atoms in total. The van der Waals surface area contributed by atoms with E-state index in [4.69, 9.17) is 0 Å². The van der Waals surface area contributed by atoms with Crippen LogP contribution in [0.15, 0.2) is 0 Å². The molecule has 4 aliphatic rings. The van der Waals surface area contributed by atoms with E-state index in [0.717, 1.165) is 24.7 Å². The van der Waals surface area contributed by atoms with Crippen molar-refractivity contribution in [1.29, 1.82) is 0 Å². The van der Waals surface area contributed by atoms with Gasteiger partial charge in [0, 0.05) is 12.5 Å². The molecule has 4 rings (SSSR count). The van der Waals surface area contributed by atoms with Gasteiger partial charge in [0.1, 0.15) is 0 Å². The highest BCUT2D eigenvalue weighted by Gasteiger charge is 2.64. The van der Waals surface area contributed by atoms with Crippen LogP contribution in [0.2, 0.25) is 0 Å². The van der Waals surface area contributed by atoms with Gasteiger partial charge in [-0.15, -0.1) is 0 Å². The van der Waals surface area contributed by atoms with Crippen LogP contribution in [0.25, 0.3) is 0 Å². The third-order valence-electron chi connectivity index (χ3n) is 11.4. The number of carbonyl (C=O) groups excluding carboxylic acids is 1. The standard InChI is InChI=1S/C29H51NO2/c1-7-20-22-10-8-9-16-28(22,5)24-15-17-29(6)21(12-13-23(29)26(24)27(20)32)19(4)11-14-25(31)30-18(2)3/h18-24,26-27,32H,7-17H2,1-6H3,(H,30,31)/t19-,20-,21-,22+,23+,24+,26+,27-,28+,29-/m0/s1. The Morgan fingerprint density at radius 3 is 2.38 bits per heavy atom. The average Bonchev–Trinajstić information content (AvgIpc) is 3.09. The molecule has 0 aromatic carbocycles. The molecule has 10 atom stereocenters. The SMILES string of the molecule is CC[C@@H]1[C@H](O)[C@H]2[C@@H](CC[C@]3(C)[C@@H]2CC[C@H]3[C@@H](C)CCC(=O)NC(C)C)[C@]2(C)CCCC[C@H]12. The molecule has 0 heterocycles. The monoisotopic (exact) mass is 445 g/mol. The predicted molar refractivity (Wildman–Crippen MR) is 132 cm³/mol. The lowest BCUT2D eigenvalue weighted by molar-refractivity contribution is -0.194. The van der Waals surface area contributed by atoms with Crippen LogP contribution < -0.4 is 5.32 Å². The molecule has 0 radical (unpaired) electrons. The molecular formula is C29H51NO2. The number of hydrogen-bond acceptors (Lipinski definition) is 2. The Kier molecular flexibility index (Phi) is 7.08. The molecule has 3 heteroatoms. The third kappa shape index (κ3) is 3.97. The fourth-order valence-electron chi connectivity index (χ4n) is 9.97. The molecular weight excluding hydrogens is 394 g/mol. The van der Waals surface area contributed by atoms with Crippen LogP contribution >= 0.6 is 0 Å². The molecule has 1 amide bonds. The van der Waals surface area contributed by atoms with Crippen molar-refractivity contribution >= 4 is 5.91 Å². The van der Waals surface area contributed by atoms with Crippen molar-refractivity contribution in [3.63, 3.8) is 0 Å². The topological polar surface area (TPSA) is 49.3 Å². The van der Waals surface area contributed by atoms with Crippen LogP contribution in [0, 0.1) is 52.3 Å². The van der Waals surface area contributed by atoms with Crippen LogP contribution in [-0.4, -0.2) is 23.2 Å². The van der Waals surface area contributed by atoms with Gasteiger partial charge in [0.05, 0.1) is 6.10 Å². The summed E-state index contributed by atoms with van der Waals surface area (Å²) >= 11 is 0. The van der Waals surface area contributed by atoms with Crippen molar-refractivity contribution in [2.45, 2.75) is 124 Å². The summed E-state index contributed by atoms with van der Waals surface area (Å²) in [7, 11) is 0. The fraction of sp³-hybridized carbons (Fsp3) is 0.966. The van der Waals surface area contributed by atoms with Gasteiger partial charge in [0.25, 0.3) is 0 Å². The molecule has 4 aliphatic carbocycles. The molecule has 0 bridgehead atoms. The van der Waals surface area contributed by atoms with E-state index >= 15 is 0 Å². The molecule has 0 saturated heterocycles. The van der Waals surface area contributed by atoms with Crippen LogP contribution in [0.4, 0.5) is 0 Å². The Labute approximate surface area is 197 Å².